The second-order valence-electron chi connectivity index (χ2n) is 6.88. The summed E-state index contributed by atoms with van der Waals surface area (Å²) in [5, 5.41) is 2.82. The molecule has 1 saturated heterocycles. The molecule has 4 aliphatic rings. The lowest BCUT2D eigenvalue weighted by molar-refractivity contribution is -0.150. The van der Waals surface area contributed by atoms with Crippen LogP contribution in [0.3, 0.4) is 0 Å². The van der Waals surface area contributed by atoms with Crippen LogP contribution in [-0.4, -0.2) is 34.8 Å². The van der Waals surface area contributed by atoms with E-state index in [9.17, 15) is 9.59 Å². The zero-order chi connectivity index (χ0) is 13.3. The highest BCUT2D eigenvalue weighted by Crippen LogP contribution is 2.67. The Kier molecular flexibility index (Phi) is 2.31. The van der Waals surface area contributed by atoms with Gasteiger partial charge in [0, 0.05) is 6.04 Å². The molecule has 6 atom stereocenters. The van der Waals surface area contributed by atoms with E-state index in [1.54, 1.807) is 0 Å². The number of nitrogens with one attached hydrogen (secondary N) is 1. The molecule has 0 aromatic rings. The van der Waals surface area contributed by atoms with Crippen LogP contribution < -0.4 is 5.32 Å². The molecule has 4 fully saturated rings. The fraction of sp³-hybridized carbons (Fsp3) is 0.867. The van der Waals surface area contributed by atoms with Crippen molar-refractivity contribution >= 4 is 11.8 Å². The summed E-state index contributed by atoms with van der Waals surface area (Å²) >= 11 is 0. The van der Waals surface area contributed by atoms with Gasteiger partial charge in [-0.1, -0.05) is 6.92 Å². The minimum absolute atomic E-state index is 0.0481. The molecule has 19 heavy (non-hydrogen) atoms. The van der Waals surface area contributed by atoms with Crippen molar-refractivity contribution < 1.29 is 9.59 Å². The van der Waals surface area contributed by atoms with Crippen molar-refractivity contribution in [2.24, 2.45) is 23.7 Å². The number of nitrogens with zero attached hydrogens (tertiary/aromatic N) is 1. The van der Waals surface area contributed by atoms with Gasteiger partial charge in [0.25, 0.3) is 0 Å². The van der Waals surface area contributed by atoms with E-state index in [0.717, 1.165) is 30.1 Å². The van der Waals surface area contributed by atoms with Gasteiger partial charge in [0.1, 0.15) is 12.1 Å². The van der Waals surface area contributed by atoms with E-state index >= 15 is 0 Å². The van der Waals surface area contributed by atoms with Crippen LogP contribution in [0.5, 0.6) is 0 Å². The maximum atomic E-state index is 12.5. The minimum Gasteiger partial charge on any atom is -0.343 e. The molecule has 0 radical (unpaired) electrons. The molecule has 2 amide bonds. The van der Waals surface area contributed by atoms with Gasteiger partial charge in [-0.2, -0.15) is 0 Å². The van der Waals surface area contributed by atoms with Crippen molar-refractivity contribution in [3.05, 3.63) is 0 Å². The normalized spacial score (nSPS) is 51.3. The van der Waals surface area contributed by atoms with E-state index in [2.05, 4.69) is 5.32 Å². The molecule has 1 aliphatic heterocycles. The van der Waals surface area contributed by atoms with Crippen LogP contribution in [0.2, 0.25) is 0 Å². The third-order valence-corrected chi connectivity index (χ3v) is 6.02. The Balaban J connectivity index is 1.62. The summed E-state index contributed by atoms with van der Waals surface area (Å²) in [6.45, 7) is 3.82. The number of fused-ring (bicyclic) bond motifs is 5. The zero-order valence-corrected chi connectivity index (χ0v) is 11.6. The molecule has 4 nitrogen and oxygen atoms in total. The zero-order valence-electron chi connectivity index (χ0n) is 11.6. The standard InChI is InChI=1S/C15H22N2O2/c1-3-10-14(18)16-7(2)15(19)17(10)13-11-8-4-5-9(6-8)12(11)13/h7-13H,3-6H2,1-2H3,(H,16,18). The number of carbonyl (C=O) groups excluding carboxylic acids is 2. The van der Waals surface area contributed by atoms with Crippen molar-refractivity contribution in [3.8, 4) is 0 Å². The third kappa shape index (κ3) is 1.40. The number of piperazine rings is 1. The highest BCUT2D eigenvalue weighted by molar-refractivity contribution is 5.97. The SMILES string of the molecule is CCC1C(=O)NC(C)C(=O)N1C1C2C3CCC(C3)C21. The molecule has 0 aromatic carbocycles. The van der Waals surface area contributed by atoms with Gasteiger partial charge >= 0.3 is 0 Å². The van der Waals surface area contributed by atoms with Crippen molar-refractivity contribution in [2.45, 2.75) is 57.7 Å². The van der Waals surface area contributed by atoms with Gasteiger partial charge < -0.3 is 10.2 Å². The van der Waals surface area contributed by atoms with Gasteiger partial charge in [0.05, 0.1) is 0 Å². The van der Waals surface area contributed by atoms with Gasteiger partial charge in [-0.15, -0.1) is 0 Å². The average Bonchev–Trinajstić information content (AvgIpc) is 2.79. The monoisotopic (exact) mass is 262 g/mol. The summed E-state index contributed by atoms with van der Waals surface area (Å²) in [7, 11) is 0. The minimum atomic E-state index is -0.339. The Bertz CT molecular complexity index is 433. The predicted octanol–water partition coefficient (Wildman–Crippen LogP) is 1.16. The van der Waals surface area contributed by atoms with Crippen LogP contribution in [0.1, 0.15) is 39.5 Å². The second kappa shape index (κ2) is 3.74. The first-order valence-electron chi connectivity index (χ1n) is 7.76. The van der Waals surface area contributed by atoms with Crippen LogP contribution >= 0.6 is 0 Å². The maximum absolute atomic E-state index is 12.5. The summed E-state index contributed by atoms with van der Waals surface area (Å²) in [4.78, 5) is 26.6. The van der Waals surface area contributed by atoms with E-state index in [4.69, 9.17) is 0 Å². The first kappa shape index (κ1) is 11.7. The summed E-state index contributed by atoms with van der Waals surface area (Å²) < 4.78 is 0. The second-order valence-corrected chi connectivity index (χ2v) is 6.88. The topological polar surface area (TPSA) is 49.4 Å². The van der Waals surface area contributed by atoms with Crippen LogP contribution in [0.25, 0.3) is 0 Å². The molecule has 3 saturated carbocycles. The van der Waals surface area contributed by atoms with Gasteiger partial charge in [-0.25, -0.2) is 0 Å². The number of rotatable bonds is 2. The van der Waals surface area contributed by atoms with Crippen LogP contribution in [0.4, 0.5) is 0 Å². The Labute approximate surface area is 113 Å². The summed E-state index contributed by atoms with van der Waals surface area (Å²) in [5.74, 6) is 3.30. The molecule has 2 bridgehead atoms. The van der Waals surface area contributed by atoms with Gasteiger partial charge in [-0.05, 0) is 56.3 Å². The van der Waals surface area contributed by atoms with Gasteiger partial charge in [-0.3, -0.25) is 9.59 Å². The van der Waals surface area contributed by atoms with E-state index < -0.39 is 0 Å². The Hall–Kier alpha value is -1.06. The molecule has 0 aromatic heterocycles. The van der Waals surface area contributed by atoms with Crippen LogP contribution in [0.15, 0.2) is 0 Å². The molecular formula is C15H22N2O2. The third-order valence-electron chi connectivity index (χ3n) is 6.02. The molecule has 1 heterocycles. The highest BCUT2D eigenvalue weighted by Gasteiger charge is 2.68. The quantitative estimate of drug-likeness (QED) is 0.812. The first-order valence-corrected chi connectivity index (χ1v) is 7.76. The predicted molar refractivity (Wildman–Crippen MR) is 70.1 cm³/mol. The molecule has 4 rings (SSSR count). The molecular weight excluding hydrogens is 240 g/mol. The molecule has 104 valence electrons. The maximum Gasteiger partial charge on any atom is 0.245 e. The fourth-order valence-corrected chi connectivity index (χ4v) is 5.26. The Morgan fingerprint density at radius 3 is 2.42 bits per heavy atom. The number of hydrogen-bond acceptors (Lipinski definition) is 2. The molecule has 4 heteroatoms. The fourth-order valence-electron chi connectivity index (χ4n) is 5.26. The van der Waals surface area contributed by atoms with E-state index in [0.29, 0.717) is 6.04 Å². The summed E-state index contributed by atoms with van der Waals surface area (Å²) in [6, 6.07) is -0.176. The van der Waals surface area contributed by atoms with Crippen LogP contribution in [-0.2, 0) is 9.59 Å². The van der Waals surface area contributed by atoms with Crippen molar-refractivity contribution in [1.29, 1.82) is 0 Å². The largest absolute Gasteiger partial charge is 0.343 e. The first-order chi connectivity index (χ1) is 9.13. The number of amides is 2. The molecule has 3 aliphatic carbocycles. The molecule has 1 N–H and O–H groups in total. The van der Waals surface area contributed by atoms with Gasteiger partial charge in [0.15, 0.2) is 0 Å². The van der Waals surface area contributed by atoms with E-state index in [1.807, 2.05) is 18.7 Å². The Morgan fingerprint density at radius 1 is 1.21 bits per heavy atom. The van der Waals surface area contributed by atoms with Gasteiger partial charge in [0.2, 0.25) is 11.8 Å². The summed E-state index contributed by atoms with van der Waals surface area (Å²) in [5.41, 5.74) is 0. The van der Waals surface area contributed by atoms with Crippen molar-refractivity contribution in [2.75, 3.05) is 0 Å². The lowest BCUT2D eigenvalue weighted by atomic mass is 10.0. The van der Waals surface area contributed by atoms with Crippen molar-refractivity contribution in [3.63, 3.8) is 0 Å². The lowest BCUT2D eigenvalue weighted by Gasteiger charge is -2.39. The summed E-state index contributed by atoms with van der Waals surface area (Å²) in [6.07, 6.45) is 4.81. The van der Waals surface area contributed by atoms with E-state index in [1.165, 1.54) is 19.3 Å². The number of carbonyl (C=O) groups is 2. The lowest BCUT2D eigenvalue weighted by Crippen LogP contribution is -2.63. The smallest absolute Gasteiger partial charge is 0.245 e. The average molecular weight is 262 g/mol. The van der Waals surface area contributed by atoms with Crippen molar-refractivity contribution in [1.82, 2.24) is 10.2 Å². The van der Waals surface area contributed by atoms with E-state index in [-0.39, 0.29) is 23.9 Å². The molecule has 0 spiro atoms. The Morgan fingerprint density at radius 2 is 1.84 bits per heavy atom. The molecule has 6 unspecified atom stereocenters. The van der Waals surface area contributed by atoms with Crippen LogP contribution in [0, 0.1) is 23.7 Å². The highest BCUT2D eigenvalue weighted by atomic mass is 16.2. The number of hydrogen-bond donors (Lipinski definition) is 1.